The minimum Gasteiger partial charge on any atom is -0.487 e. The number of fused-ring (bicyclic) bond motifs is 1. The van der Waals surface area contributed by atoms with E-state index in [4.69, 9.17) is 14.6 Å². The first-order valence-corrected chi connectivity index (χ1v) is 7.28. The van der Waals surface area contributed by atoms with Crippen LogP contribution in [0.2, 0.25) is 0 Å². The van der Waals surface area contributed by atoms with Crippen molar-refractivity contribution in [1.82, 2.24) is 5.32 Å². The van der Waals surface area contributed by atoms with Crippen molar-refractivity contribution in [1.29, 1.82) is 0 Å². The lowest BCUT2D eigenvalue weighted by molar-refractivity contribution is -0.144. The van der Waals surface area contributed by atoms with Crippen LogP contribution in [-0.4, -0.2) is 29.3 Å². The van der Waals surface area contributed by atoms with Gasteiger partial charge < -0.3 is 19.9 Å². The fraction of sp³-hybridized carbons (Fsp3) is 0.562. The molecule has 1 aromatic rings. The molecule has 5 nitrogen and oxygen atoms in total. The molecule has 2 unspecified atom stereocenters. The lowest BCUT2D eigenvalue weighted by Gasteiger charge is -2.38. The molecule has 0 amide bonds. The summed E-state index contributed by atoms with van der Waals surface area (Å²) in [5.74, 6) is 0.281. The van der Waals surface area contributed by atoms with Gasteiger partial charge in [-0.1, -0.05) is 13.0 Å². The molecule has 0 bridgehead atoms. The molecular formula is C16H23NO4. The molecule has 1 heterocycles. The van der Waals surface area contributed by atoms with E-state index in [0.29, 0.717) is 5.75 Å². The molecule has 1 aromatic carbocycles. The molecule has 0 aliphatic carbocycles. The van der Waals surface area contributed by atoms with Crippen LogP contribution >= 0.6 is 0 Å². The number of benzene rings is 1. The van der Waals surface area contributed by atoms with Crippen molar-refractivity contribution in [2.75, 3.05) is 6.54 Å². The third-order valence-electron chi connectivity index (χ3n) is 3.55. The summed E-state index contributed by atoms with van der Waals surface area (Å²) in [6, 6.07) is 5.76. The normalized spacial score (nSPS) is 21.0. The van der Waals surface area contributed by atoms with Gasteiger partial charge in [0.25, 0.3) is 0 Å². The minimum absolute atomic E-state index is 0.236. The van der Waals surface area contributed by atoms with Crippen LogP contribution in [-0.2, 0) is 4.79 Å². The fourth-order valence-corrected chi connectivity index (χ4v) is 2.59. The summed E-state index contributed by atoms with van der Waals surface area (Å²) in [7, 11) is 0. The van der Waals surface area contributed by atoms with Crippen LogP contribution in [0, 0.1) is 0 Å². The number of carbonyl (C=O) groups is 1. The standard InChI is InChI=1S/C16H23NO4/c1-5-17-13-9-16(3,4)21-14-8-11(6-7-12(13)14)20-10(2)15(18)19/h6-8,10,13,17H,5,9H2,1-4H3,(H,18,19). The molecule has 0 spiro atoms. The Hall–Kier alpha value is -1.75. The van der Waals surface area contributed by atoms with Crippen molar-refractivity contribution in [3.8, 4) is 11.5 Å². The minimum atomic E-state index is -0.987. The van der Waals surface area contributed by atoms with Crippen molar-refractivity contribution in [2.45, 2.75) is 51.9 Å². The summed E-state index contributed by atoms with van der Waals surface area (Å²) in [5, 5.41) is 12.4. The first-order chi connectivity index (χ1) is 9.82. The Bertz CT molecular complexity index is 527. The second-order valence-electron chi connectivity index (χ2n) is 5.97. The van der Waals surface area contributed by atoms with Crippen molar-refractivity contribution in [2.24, 2.45) is 0 Å². The van der Waals surface area contributed by atoms with Gasteiger partial charge in [0.1, 0.15) is 17.1 Å². The average Bonchev–Trinajstić information content (AvgIpc) is 2.37. The third kappa shape index (κ3) is 3.67. The Labute approximate surface area is 125 Å². The molecular weight excluding hydrogens is 270 g/mol. The van der Waals surface area contributed by atoms with Crippen LogP contribution in [0.25, 0.3) is 0 Å². The zero-order chi connectivity index (χ0) is 15.6. The van der Waals surface area contributed by atoms with E-state index in [2.05, 4.69) is 12.2 Å². The molecule has 1 aliphatic heterocycles. The Morgan fingerprint density at radius 1 is 1.57 bits per heavy atom. The maximum absolute atomic E-state index is 10.9. The van der Waals surface area contributed by atoms with Crippen LogP contribution in [0.1, 0.15) is 45.7 Å². The zero-order valence-electron chi connectivity index (χ0n) is 13.0. The molecule has 2 atom stereocenters. The van der Waals surface area contributed by atoms with Gasteiger partial charge in [0.15, 0.2) is 6.10 Å². The average molecular weight is 293 g/mol. The lowest BCUT2D eigenvalue weighted by atomic mass is 9.89. The number of rotatable bonds is 5. The first-order valence-electron chi connectivity index (χ1n) is 7.28. The van der Waals surface area contributed by atoms with Gasteiger partial charge in [0.05, 0.1) is 0 Å². The van der Waals surface area contributed by atoms with Crippen LogP contribution in [0.15, 0.2) is 18.2 Å². The van der Waals surface area contributed by atoms with Crippen molar-refractivity contribution >= 4 is 5.97 Å². The molecule has 5 heteroatoms. The van der Waals surface area contributed by atoms with E-state index in [9.17, 15) is 4.79 Å². The van der Waals surface area contributed by atoms with Crippen molar-refractivity contribution in [3.05, 3.63) is 23.8 Å². The van der Waals surface area contributed by atoms with Crippen molar-refractivity contribution in [3.63, 3.8) is 0 Å². The molecule has 2 rings (SSSR count). The topological polar surface area (TPSA) is 67.8 Å². The van der Waals surface area contributed by atoms with Gasteiger partial charge in [-0.2, -0.15) is 0 Å². The molecule has 2 N–H and O–H groups in total. The fourth-order valence-electron chi connectivity index (χ4n) is 2.59. The Kier molecular flexibility index (Phi) is 4.42. The summed E-state index contributed by atoms with van der Waals surface area (Å²) in [6.45, 7) is 8.57. The number of carboxylic acids is 1. The molecule has 0 saturated carbocycles. The SMILES string of the molecule is CCNC1CC(C)(C)Oc2cc(OC(C)C(=O)O)ccc21. The number of aliphatic carboxylic acids is 1. The Balaban J connectivity index is 2.27. The highest BCUT2D eigenvalue weighted by Crippen LogP contribution is 2.41. The van der Waals surface area contributed by atoms with Gasteiger partial charge in [-0.25, -0.2) is 4.79 Å². The highest BCUT2D eigenvalue weighted by molar-refractivity contribution is 5.72. The Morgan fingerprint density at radius 2 is 2.29 bits per heavy atom. The quantitative estimate of drug-likeness (QED) is 0.873. The van der Waals surface area contributed by atoms with Gasteiger partial charge >= 0.3 is 5.97 Å². The molecule has 0 aromatic heterocycles. The van der Waals surface area contributed by atoms with Crippen LogP contribution in [0.3, 0.4) is 0 Å². The second-order valence-corrected chi connectivity index (χ2v) is 5.97. The molecule has 21 heavy (non-hydrogen) atoms. The van der Waals surface area contributed by atoms with Crippen LogP contribution in [0.4, 0.5) is 0 Å². The second kappa shape index (κ2) is 5.93. The summed E-state index contributed by atoms with van der Waals surface area (Å²) in [4.78, 5) is 10.9. The van der Waals surface area contributed by atoms with Crippen molar-refractivity contribution < 1.29 is 19.4 Å². The van der Waals surface area contributed by atoms with E-state index in [0.717, 1.165) is 24.3 Å². The highest BCUT2D eigenvalue weighted by Gasteiger charge is 2.33. The van der Waals surface area contributed by atoms with E-state index in [-0.39, 0.29) is 11.6 Å². The largest absolute Gasteiger partial charge is 0.487 e. The maximum atomic E-state index is 10.9. The number of hydrogen-bond donors (Lipinski definition) is 2. The molecule has 0 fully saturated rings. The van der Waals surface area contributed by atoms with E-state index >= 15 is 0 Å². The maximum Gasteiger partial charge on any atom is 0.344 e. The monoisotopic (exact) mass is 293 g/mol. The number of nitrogens with one attached hydrogen (secondary N) is 1. The third-order valence-corrected chi connectivity index (χ3v) is 3.55. The molecule has 0 radical (unpaired) electrons. The van der Waals surface area contributed by atoms with Gasteiger partial charge in [-0.3, -0.25) is 0 Å². The van der Waals surface area contributed by atoms with Gasteiger partial charge in [-0.15, -0.1) is 0 Å². The zero-order valence-corrected chi connectivity index (χ0v) is 13.0. The Morgan fingerprint density at radius 3 is 2.90 bits per heavy atom. The van der Waals surface area contributed by atoms with Gasteiger partial charge in [0.2, 0.25) is 0 Å². The number of ether oxygens (including phenoxy) is 2. The van der Waals surface area contributed by atoms with E-state index in [1.54, 1.807) is 12.1 Å². The van der Waals surface area contributed by atoms with Gasteiger partial charge in [-0.05, 0) is 33.4 Å². The predicted octanol–water partition coefficient (Wildman–Crippen LogP) is 2.75. The summed E-state index contributed by atoms with van der Waals surface area (Å²) in [5.41, 5.74) is 0.822. The van der Waals surface area contributed by atoms with Crippen LogP contribution < -0.4 is 14.8 Å². The number of hydrogen-bond acceptors (Lipinski definition) is 4. The molecule has 1 aliphatic rings. The summed E-state index contributed by atoms with van der Waals surface area (Å²) in [6.07, 6.45) is 0.00348. The smallest absolute Gasteiger partial charge is 0.344 e. The van der Waals surface area contributed by atoms with Crippen LogP contribution in [0.5, 0.6) is 11.5 Å². The number of carboxylic acid groups (broad SMARTS) is 1. The van der Waals surface area contributed by atoms with E-state index in [1.807, 2.05) is 19.9 Å². The first kappa shape index (κ1) is 15.6. The molecule has 116 valence electrons. The predicted molar refractivity (Wildman–Crippen MR) is 79.9 cm³/mol. The summed E-state index contributed by atoms with van der Waals surface area (Å²) >= 11 is 0. The van der Waals surface area contributed by atoms with E-state index < -0.39 is 12.1 Å². The lowest BCUT2D eigenvalue weighted by Crippen LogP contribution is -2.39. The molecule has 0 saturated heterocycles. The summed E-state index contributed by atoms with van der Waals surface area (Å²) < 4.78 is 11.4. The van der Waals surface area contributed by atoms with E-state index in [1.165, 1.54) is 6.92 Å². The van der Waals surface area contributed by atoms with Gasteiger partial charge in [0, 0.05) is 24.1 Å². The highest BCUT2D eigenvalue weighted by atomic mass is 16.5.